The van der Waals surface area contributed by atoms with Crippen molar-refractivity contribution >= 4 is 23.4 Å². The number of nitrogens with one attached hydrogen (secondary N) is 1. The van der Waals surface area contributed by atoms with Gasteiger partial charge in [-0.2, -0.15) is 0 Å². The van der Waals surface area contributed by atoms with Gasteiger partial charge in [0.1, 0.15) is 6.33 Å². The molecular weight excluding hydrogens is 320 g/mol. The minimum atomic E-state index is -0.294. The van der Waals surface area contributed by atoms with Crippen molar-refractivity contribution < 1.29 is 4.79 Å². The molecule has 24 heavy (non-hydrogen) atoms. The molecule has 2 aromatic carbocycles. The Morgan fingerprint density at radius 1 is 1.17 bits per heavy atom. The Labute approximate surface area is 145 Å². The van der Waals surface area contributed by atoms with Crippen molar-refractivity contribution in [2.24, 2.45) is 0 Å². The molecule has 0 radical (unpaired) electrons. The average Bonchev–Trinajstić information content (AvgIpc) is 3.04. The molecule has 0 saturated carbocycles. The molecule has 0 saturated heterocycles. The quantitative estimate of drug-likeness (QED) is 0.721. The van der Waals surface area contributed by atoms with E-state index in [9.17, 15) is 4.79 Å². The lowest BCUT2D eigenvalue weighted by molar-refractivity contribution is -0.115. The normalized spacial score (nSPS) is 11.9. The SMILES string of the molecule is Cc1cccc(NC(=O)C(C)Sc2ncn(-c3ccccc3)n2)c1. The van der Waals surface area contributed by atoms with Crippen LogP contribution < -0.4 is 5.32 Å². The van der Waals surface area contributed by atoms with Crippen molar-refractivity contribution in [1.82, 2.24) is 14.8 Å². The highest BCUT2D eigenvalue weighted by Gasteiger charge is 2.17. The summed E-state index contributed by atoms with van der Waals surface area (Å²) in [5.74, 6) is -0.0679. The first kappa shape index (κ1) is 16.3. The van der Waals surface area contributed by atoms with Crippen LogP contribution in [-0.2, 0) is 4.79 Å². The van der Waals surface area contributed by atoms with Crippen LogP contribution >= 0.6 is 11.8 Å². The lowest BCUT2D eigenvalue weighted by Crippen LogP contribution is -2.22. The first-order chi connectivity index (χ1) is 11.6. The van der Waals surface area contributed by atoms with E-state index in [0.29, 0.717) is 5.16 Å². The lowest BCUT2D eigenvalue weighted by atomic mass is 10.2. The number of amides is 1. The summed E-state index contributed by atoms with van der Waals surface area (Å²) in [4.78, 5) is 16.6. The maximum atomic E-state index is 12.3. The first-order valence-electron chi connectivity index (χ1n) is 7.63. The van der Waals surface area contributed by atoms with E-state index in [-0.39, 0.29) is 11.2 Å². The van der Waals surface area contributed by atoms with Gasteiger partial charge in [0.15, 0.2) is 0 Å². The Balaban J connectivity index is 1.63. The minimum absolute atomic E-state index is 0.0679. The molecule has 1 aromatic heterocycles. The molecule has 1 N–H and O–H groups in total. The summed E-state index contributed by atoms with van der Waals surface area (Å²) in [6.07, 6.45) is 1.66. The second kappa shape index (κ2) is 7.31. The second-order valence-electron chi connectivity index (χ2n) is 5.43. The van der Waals surface area contributed by atoms with Crippen LogP contribution in [0.3, 0.4) is 0 Å². The maximum Gasteiger partial charge on any atom is 0.237 e. The van der Waals surface area contributed by atoms with Gasteiger partial charge >= 0.3 is 0 Å². The molecule has 3 rings (SSSR count). The van der Waals surface area contributed by atoms with Crippen molar-refractivity contribution in [2.75, 3.05) is 5.32 Å². The van der Waals surface area contributed by atoms with Crippen molar-refractivity contribution in [3.05, 3.63) is 66.5 Å². The van der Waals surface area contributed by atoms with Crippen LogP contribution in [0.4, 0.5) is 5.69 Å². The fraction of sp³-hybridized carbons (Fsp3) is 0.167. The summed E-state index contributed by atoms with van der Waals surface area (Å²) in [7, 11) is 0. The summed E-state index contributed by atoms with van der Waals surface area (Å²) in [6.45, 7) is 3.84. The predicted octanol–water partition coefficient (Wildman–Crippen LogP) is 3.70. The van der Waals surface area contributed by atoms with Gasteiger partial charge in [-0.15, -0.1) is 5.10 Å². The number of aryl methyl sites for hydroxylation is 1. The molecule has 0 bridgehead atoms. The molecule has 1 unspecified atom stereocenters. The Morgan fingerprint density at radius 2 is 1.96 bits per heavy atom. The number of carbonyl (C=O) groups excluding carboxylic acids is 1. The number of anilines is 1. The molecule has 122 valence electrons. The van der Waals surface area contributed by atoms with E-state index >= 15 is 0 Å². The third-order valence-corrected chi connectivity index (χ3v) is 4.39. The Hall–Kier alpha value is -2.60. The molecular formula is C18H18N4OS. The predicted molar refractivity (Wildman–Crippen MR) is 96.5 cm³/mol. The Bertz CT molecular complexity index is 832. The van der Waals surface area contributed by atoms with Crippen LogP contribution in [-0.4, -0.2) is 25.9 Å². The number of hydrogen-bond acceptors (Lipinski definition) is 4. The van der Waals surface area contributed by atoms with Gasteiger partial charge in [0.05, 0.1) is 10.9 Å². The van der Waals surface area contributed by atoms with E-state index in [1.165, 1.54) is 11.8 Å². The maximum absolute atomic E-state index is 12.3. The molecule has 1 heterocycles. The molecule has 0 aliphatic rings. The van der Waals surface area contributed by atoms with Gasteiger partial charge in [-0.1, -0.05) is 42.1 Å². The number of carbonyl (C=O) groups is 1. The number of thioether (sulfide) groups is 1. The van der Waals surface area contributed by atoms with E-state index in [4.69, 9.17) is 0 Å². The van der Waals surface area contributed by atoms with E-state index in [2.05, 4.69) is 15.4 Å². The van der Waals surface area contributed by atoms with Gasteiger partial charge in [-0.25, -0.2) is 9.67 Å². The molecule has 6 heteroatoms. The number of nitrogens with zero attached hydrogens (tertiary/aromatic N) is 3. The highest BCUT2D eigenvalue weighted by molar-refractivity contribution is 8.00. The molecule has 0 spiro atoms. The third kappa shape index (κ3) is 4.02. The third-order valence-electron chi connectivity index (χ3n) is 3.43. The number of benzene rings is 2. The molecule has 5 nitrogen and oxygen atoms in total. The highest BCUT2D eigenvalue weighted by atomic mass is 32.2. The van der Waals surface area contributed by atoms with Crippen molar-refractivity contribution in [2.45, 2.75) is 24.3 Å². The molecule has 1 atom stereocenters. The Kier molecular flexibility index (Phi) is 4.96. The van der Waals surface area contributed by atoms with Crippen LogP contribution in [0.5, 0.6) is 0 Å². The topological polar surface area (TPSA) is 59.8 Å². The zero-order valence-electron chi connectivity index (χ0n) is 13.5. The van der Waals surface area contributed by atoms with Crippen LogP contribution in [0.25, 0.3) is 5.69 Å². The van der Waals surface area contributed by atoms with Gasteiger partial charge in [0.25, 0.3) is 0 Å². The van der Waals surface area contributed by atoms with Crippen molar-refractivity contribution in [1.29, 1.82) is 0 Å². The van der Waals surface area contributed by atoms with Gasteiger partial charge < -0.3 is 5.32 Å². The standard InChI is InChI=1S/C18H18N4OS/c1-13-7-6-8-15(11-13)20-17(23)14(2)24-18-19-12-22(21-18)16-9-4-3-5-10-16/h3-12,14H,1-2H3,(H,20,23). The summed E-state index contributed by atoms with van der Waals surface area (Å²) >= 11 is 1.34. The second-order valence-corrected chi connectivity index (χ2v) is 6.73. The Morgan fingerprint density at radius 3 is 2.71 bits per heavy atom. The molecule has 1 amide bonds. The van der Waals surface area contributed by atoms with Gasteiger partial charge in [-0.3, -0.25) is 4.79 Å². The monoisotopic (exact) mass is 338 g/mol. The van der Waals surface area contributed by atoms with Crippen LogP contribution in [0.1, 0.15) is 12.5 Å². The smallest absolute Gasteiger partial charge is 0.237 e. The van der Waals surface area contributed by atoms with Crippen molar-refractivity contribution in [3.63, 3.8) is 0 Å². The number of para-hydroxylation sites is 1. The van der Waals surface area contributed by atoms with Crippen LogP contribution in [0.15, 0.2) is 66.1 Å². The van der Waals surface area contributed by atoms with E-state index in [1.807, 2.05) is 68.4 Å². The fourth-order valence-corrected chi connectivity index (χ4v) is 2.91. The van der Waals surface area contributed by atoms with Gasteiger partial charge in [0.2, 0.25) is 11.1 Å². The summed E-state index contributed by atoms with van der Waals surface area (Å²) in [5, 5.41) is 7.61. The highest BCUT2D eigenvalue weighted by Crippen LogP contribution is 2.21. The van der Waals surface area contributed by atoms with Gasteiger partial charge in [-0.05, 0) is 43.7 Å². The van der Waals surface area contributed by atoms with Gasteiger partial charge in [0, 0.05) is 5.69 Å². The summed E-state index contributed by atoms with van der Waals surface area (Å²) in [5.41, 5.74) is 2.85. The molecule has 0 aliphatic carbocycles. The fourth-order valence-electron chi connectivity index (χ4n) is 2.19. The van der Waals surface area contributed by atoms with Crippen molar-refractivity contribution in [3.8, 4) is 5.69 Å². The first-order valence-corrected chi connectivity index (χ1v) is 8.51. The van der Waals surface area contributed by atoms with Crippen LogP contribution in [0, 0.1) is 6.92 Å². The summed E-state index contributed by atoms with van der Waals surface area (Å²) in [6, 6.07) is 17.5. The van der Waals surface area contributed by atoms with E-state index in [1.54, 1.807) is 11.0 Å². The zero-order valence-corrected chi connectivity index (χ0v) is 14.3. The number of aromatic nitrogens is 3. The molecule has 0 fully saturated rings. The average molecular weight is 338 g/mol. The zero-order chi connectivity index (χ0) is 16.9. The molecule has 3 aromatic rings. The van der Waals surface area contributed by atoms with Crippen LogP contribution in [0.2, 0.25) is 0 Å². The lowest BCUT2D eigenvalue weighted by Gasteiger charge is -2.10. The molecule has 0 aliphatic heterocycles. The largest absolute Gasteiger partial charge is 0.325 e. The number of hydrogen-bond donors (Lipinski definition) is 1. The summed E-state index contributed by atoms with van der Waals surface area (Å²) < 4.78 is 1.70. The minimum Gasteiger partial charge on any atom is -0.325 e. The number of rotatable bonds is 5. The van der Waals surface area contributed by atoms with E-state index in [0.717, 1.165) is 16.9 Å². The van der Waals surface area contributed by atoms with E-state index < -0.39 is 0 Å².